The second-order valence-electron chi connectivity index (χ2n) is 4.66. The van der Waals surface area contributed by atoms with Gasteiger partial charge in [-0.15, -0.1) is 0 Å². The average Bonchev–Trinajstić information content (AvgIpc) is 2.48. The molecule has 114 valence electrons. The second kappa shape index (κ2) is 7.61. The van der Waals surface area contributed by atoms with Gasteiger partial charge in [-0.3, -0.25) is 4.79 Å². The molecule has 0 spiro atoms. The smallest absolute Gasteiger partial charge is 0.319 e. The van der Waals surface area contributed by atoms with Crippen molar-refractivity contribution in [1.29, 1.82) is 0 Å². The van der Waals surface area contributed by atoms with Gasteiger partial charge in [0.25, 0.3) is 0 Å². The molecule has 3 amide bonds. The molecule has 0 saturated heterocycles. The molecular weight excluding hydrogens is 346 g/mol. The Kier molecular flexibility index (Phi) is 5.55. The number of rotatable bonds is 4. The van der Waals surface area contributed by atoms with E-state index in [0.29, 0.717) is 17.9 Å². The molecule has 0 radical (unpaired) electrons. The van der Waals surface area contributed by atoms with Crippen LogP contribution in [0, 0.1) is 0 Å². The standard InChI is InChI=1S/C16H16BrN3O2/c1-11(21)19-13-6-8-14(9-7-13)20-16(22)18-10-12-4-2-3-5-15(12)17/h2-9H,10H2,1H3,(H,19,21)(H2,18,20,22). The predicted octanol–water partition coefficient (Wildman–Crippen LogP) is 3.73. The van der Waals surface area contributed by atoms with Crippen molar-refractivity contribution in [3.63, 3.8) is 0 Å². The van der Waals surface area contributed by atoms with E-state index in [1.807, 2.05) is 24.3 Å². The van der Waals surface area contributed by atoms with Crippen molar-refractivity contribution in [2.24, 2.45) is 0 Å². The van der Waals surface area contributed by atoms with Gasteiger partial charge in [-0.2, -0.15) is 0 Å². The quantitative estimate of drug-likeness (QED) is 0.776. The summed E-state index contributed by atoms with van der Waals surface area (Å²) in [6.45, 7) is 1.87. The van der Waals surface area contributed by atoms with Crippen molar-refractivity contribution in [1.82, 2.24) is 5.32 Å². The van der Waals surface area contributed by atoms with E-state index in [2.05, 4.69) is 31.9 Å². The topological polar surface area (TPSA) is 70.2 Å². The van der Waals surface area contributed by atoms with Crippen molar-refractivity contribution in [3.8, 4) is 0 Å². The molecule has 0 atom stereocenters. The zero-order chi connectivity index (χ0) is 15.9. The molecule has 0 fully saturated rings. The van der Waals surface area contributed by atoms with Crippen molar-refractivity contribution in [3.05, 3.63) is 58.6 Å². The molecule has 5 nitrogen and oxygen atoms in total. The maximum Gasteiger partial charge on any atom is 0.319 e. The van der Waals surface area contributed by atoms with Gasteiger partial charge in [0.2, 0.25) is 5.91 Å². The lowest BCUT2D eigenvalue weighted by molar-refractivity contribution is -0.114. The number of urea groups is 1. The molecule has 0 bridgehead atoms. The number of carbonyl (C=O) groups is 2. The number of benzene rings is 2. The predicted molar refractivity (Wildman–Crippen MR) is 90.7 cm³/mol. The van der Waals surface area contributed by atoms with Crippen LogP contribution in [0.2, 0.25) is 0 Å². The minimum absolute atomic E-state index is 0.133. The fourth-order valence-corrected chi connectivity index (χ4v) is 2.26. The first kappa shape index (κ1) is 16.0. The van der Waals surface area contributed by atoms with E-state index in [1.54, 1.807) is 24.3 Å². The fourth-order valence-electron chi connectivity index (χ4n) is 1.83. The number of hydrogen-bond donors (Lipinski definition) is 3. The number of amides is 3. The third-order valence-corrected chi connectivity index (χ3v) is 3.63. The van der Waals surface area contributed by atoms with Gasteiger partial charge in [-0.1, -0.05) is 34.1 Å². The molecule has 0 aliphatic heterocycles. The minimum Gasteiger partial charge on any atom is -0.334 e. The highest BCUT2D eigenvalue weighted by Gasteiger charge is 2.04. The van der Waals surface area contributed by atoms with Crippen LogP contribution in [0.5, 0.6) is 0 Å². The Bertz CT molecular complexity index is 671. The van der Waals surface area contributed by atoms with E-state index in [1.165, 1.54) is 6.92 Å². The van der Waals surface area contributed by atoms with Crippen LogP contribution in [0.3, 0.4) is 0 Å². The minimum atomic E-state index is -0.289. The Labute approximate surface area is 137 Å². The van der Waals surface area contributed by atoms with Gasteiger partial charge in [0.05, 0.1) is 0 Å². The SMILES string of the molecule is CC(=O)Nc1ccc(NC(=O)NCc2ccccc2Br)cc1. The maximum atomic E-state index is 11.9. The highest BCUT2D eigenvalue weighted by atomic mass is 79.9. The zero-order valence-electron chi connectivity index (χ0n) is 12.0. The highest BCUT2D eigenvalue weighted by molar-refractivity contribution is 9.10. The van der Waals surface area contributed by atoms with Crippen molar-refractivity contribution in [2.75, 3.05) is 10.6 Å². The summed E-state index contributed by atoms with van der Waals surface area (Å²) >= 11 is 3.43. The van der Waals surface area contributed by atoms with Gasteiger partial charge >= 0.3 is 6.03 Å². The van der Waals surface area contributed by atoms with Crippen LogP contribution >= 0.6 is 15.9 Å². The van der Waals surface area contributed by atoms with Gasteiger partial charge in [-0.25, -0.2) is 4.79 Å². The molecule has 0 aliphatic rings. The van der Waals surface area contributed by atoms with Crippen LogP contribution in [-0.2, 0) is 11.3 Å². The molecule has 0 saturated carbocycles. The molecule has 0 heterocycles. The molecule has 0 aromatic heterocycles. The van der Waals surface area contributed by atoms with Crippen LogP contribution in [0.25, 0.3) is 0 Å². The Morgan fingerprint density at radius 2 is 1.55 bits per heavy atom. The van der Waals surface area contributed by atoms with E-state index in [4.69, 9.17) is 0 Å². The first-order chi connectivity index (χ1) is 10.5. The lowest BCUT2D eigenvalue weighted by atomic mass is 10.2. The van der Waals surface area contributed by atoms with Crippen LogP contribution in [0.15, 0.2) is 53.0 Å². The maximum absolute atomic E-state index is 11.9. The van der Waals surface area contributed by atoms with Crippen molar-refractivity contribution in [2.45, 2.75) is 13.5 Å². The molecule has 3 N–H and O–H groups in total. The summed E-state index contributed by atoms with van der Waals surface area (Å²) < 4.78 is 0.954. The Hall–Kier alpha value is -2.34. The summed E-state index contributed by atoms with van der Waals surface area (Å²) in [6.07, 6.45) is 0. The first-order valence-electron chi connectivity index (χ1n) is 6.70. The summed E-state index contributed by atoms with van der Waals surface area (Å²) in [7, 11) is 0. The lowest BCUT2D eigenvalue weighted by Gasteiger charge is -2.09. The summed E-state index contributed by atoms with van der Waals surface area (Å²) in [5, 5.41) is 8.19. The molecule has 0 unspecified atom stereocenters. The van der Waals surface area contributed by atoms with Crippen molar-refractivity contribution >= 4 is 39.2 Å². The van der Waals surface area contributed by atoms with Gasteiger partial charge in [-0.05, 0) is 35.9 Å². The molecular formula is C16H16BrN3O2. The summed E-state index contributed by atoms with van der Waals surface area (Å²) in [5.74, 6) is -0.133. The van der Waals surface area contributed by atoms with Gasteiger partial charge < -0.3 is 16.0 Å². The van der Waals surface area contributed by atoms with E-state index in [0.717, 1.165) is 10.0 Å². The zero-order valence-corrected chi connectivity index (χ0v) is 13.6. The van der Waals surface area contributed by atoms with Gasteiger partial charge in [0.15, 0.2) is 0 Å². The van der Waals surface area contributed by atoms with Crippen LogP contribution in [0.4, 0.5) is 16.2 Å². The second-order valence-corrected chi connectivity index (χ2v) is 5.51. The van der Waals surface area contributed by atoms with E-state index in [-0.39, 0.29) is 11.9 Å². The van der Waals surface area contributed by atoms with Gasteiger partial charge in [0, 0.05) is 29.3 Å². The Balaban J connectivity index is 1.87. The number of anilines is 2. The Morgan fingerprint density at radius 3 is 2.14 bits per heavy atom. The molecule has 22 heavy (non-hydrogen) atoms. The molecule has 2 aromatic carbocycles. The Morgan fingerprint density at radius 1 is 0.955 bits per heavy atom. The average molecular weight is 362 g/mol. The highest BCUT2D eigenvalue weighted by Crippen LogP contribution is 2.16. The molecule has 6 heteroatoms. The normalized spacial score (nSPS) is 9.91. The van der Waals surface area contributed by atoms with E-state index >= 15 is 0 Å². The third kappa shape index (κ3) is 4.89. The first-order valence-corrected chi connectivity index (χ1v) is 7.50. The lowest BCUT2D eigenvalue weighted by Crippen LogP contribution is -2.28. The molecule has 0 aliphatic carbocycles. The third-order valence-electron chi connectivity index (χ3n) is 2.86. The van der Waals surface area contributed by atoms with Crippen molar-refractivity contribution < 1.29 is 9.59 Å². The number of nitrogens with one attached hydrogen (secondary N) is 3. The number of halogens is 1. The van der Waals surface area contributed by atoms with Crippen LogP contribution in [0.1, 0.15) is 12.5 Å². The van der Waals surface area contributed by atoms with Crippen LogP contribution in [-0.4, -0.2) is 11.9 Å². The van der Waals surface area contributed by atoms with E-state index < -0.39 is 0 Å². The van der Waals surface area contributed by atoms with Gasteiger partial charge in [0.1, 0.15) is 0 Å². The monoisotopic (exact) mass is 361 g/mol. The molecule has 2 aromatic rings. The number of hydrogen-bond acceptors (Lipinski definition) is 2. The fraction of sp³-hybridized carbons (Fsp3) is 0.125. The largest absolute Gasteiger partial charge is 0.334 e. The molecule has 2 rings (SSSR count). The summed E-state index contributed by atoms with van der Waals surface area (Å²) in [6, 6.07) is 14.3. The summed E-state index contributed by atoms with van der Waals surface area (Å²) in [5.41, 5.74) is 2.34. The number of carbonyl (C=O) groups excluding carboxylic acids is 2. The van der Waals surface area contributed by atoms with E-state index in [9.17, 15) is 9.59 Å². The summed E-state index contributed by atoms with van der Waals surface area (Å²) in [4.78, 5) is 22.8. The van der Waals surface area contributed by atoms with Crippen LogP contribution < -0.4 is 16.0 Å².